The van der Waals surface area contributed by atoms with Crippen molar-refractivity contribution in [1.82, 2.24) is 9.80 Å². The van der Waals surface area contributed by atoms with Gasteiger partial charge in [-0.15, -0.1) is 6.58 Å². The SMILES string of the molecule is C=CCN1C(=O)C(c2ccc(OCC)cc2)=C(N2CC(C)CC(C)C2)C1=O. The van der Waals surface area contributed by atoms with Crippen LogP contribution >= 0.6 is 0 Å². The third-order valence-electron chi connectivity index (χ3n) is 5.09. The van der Waals surface area contributed by atoms with Crippen LogP contribution in [0.5, 0.6) is 5.75 Å². The summed E-state index contributed by atoms with van der Waals surface area (Å²) in [7, 11) is 0. The van der Waals surface area contributed by atoms with Crippen LogP contribution in [0.4, 0.5) is 0 Å². The number of likely N-dealkylation sites (tertiary alicyclic amines) is 1. The molecular weight excluding hydrogens is 340 g/mol. The van der Waals surface area contributed by atoms with E-state index in [9.17, 15) is 9.59 Å². The monoisotopic (exact) mass is 368 g/mol. The lowest BCUT2D eigenvalue weighted by Crippen LogP contribution is -2.41. The highest BCUT2D eigenvalue weighted by atomic mass is 16.5. The summed E-state index contributed by atoms with van der Waals surface area (Å²) in [5.41, 5.74) is 1.78. The van der Waals surface area contributed by atoms with Gasteiger partial charge in [-0.2, -0.15) is 0 Å². The van der Waals surface area contributed by atoms with E-state index < -0.39 is 0 Å². The Hall–Kier alpha value is -2.56. The highest BCUT2D eigenvalue weighted by Crippen LogP contribution is 2.35. The van der Waals surface area contributed by atoms with Crippen LogP contribution in [0, 0.1) is 11.8 Å². The lowest BCUT2D eigenvalue weighted by Gasteiger charge is -2.37. The molecule has 5 heteroatoms. The van der Waals surface area contributed by atoms with Gasteiger partial charge >= 0.3 is 0 Å². The van der Waals surface area contributed by atoms with Crippen molar-refractivity contribution in [2.45, 2.75) is 27.2 Å². The predicted octanol–water partition coefficient (Wildman–Crippen LogP) is 3.33. The van der Waals surface area contributed by atoms with Crippen molar-refractivity contribution < 1.29 is 14.3 Å². The van der Waals surface area contributed by atoms with Crippen molar-refractivity contribution in [2.75, 3.05) is 26.2 Å². The summed E-state index contributed by atoms with van der Waals surface area (Å²) in [6, 6.07) is 7.41. The molecule has 2 atom stereocenters. The Labute approximate surface area is 161 Å². The number of benzene rings is 1. The van der Waals surface area contributed by atoms with Crippen molar-refractivity contribution in [3.05, 3.63) is 48.2 Å². The van der Waals surface area contributed by atoms with Gasteiger partial charge in [0.25, 0.3) is 11.8 Å². The van der Waals surface area contributed by atoms with E-state index in [1.165, 1.54) is 4.90 Å². The molecule has 0 aliphatic carbocycles. The van der Waals surface area contributed by atoms with E-state index in [0.717, 1.165) is 30.8 Å². The standard InChI is InChI=1S/C22H28N2O3/c1-5-11-24-21(25)19(17-7-9-18(10-8-17)27-6-2)20(22(24)26)23-13-15(3)12-16(4)14-23/h5,7-10,15-16H,1,6,11-14H2,2-4H3. The van der Waals surface area contributed by atoms with Crippen LogP contribution in [0.25, 0.3) is 5.57 Å². The fourth-order valence-electron chi connectivity index (χ4n) is 4.14. The second-order valence-corrected chi connectivity index (χ2v) is 7.54. The van der Waals surface area contributed by atoms with Gasteiger partial charge in [-0.3, -0.25) is 14.5 Å². The number of piperidine rings is 1. The quantitative estimate of drug-likeness (QED) is 0.571. The number of hydrogen-bond acceptors (Lipinski definition) is 4. The fraction of sp³-hybridized carbons (Fsp3) is 0.455. The van der Waals surface area contributed by atoms with Gasteiger partial charge in [0, 0.05) is 19.6 Å². The minimum absolute atomic E-state index is 0.218. The van der Waals surface area contributed by atoms with Crippen LogP contribution < -0.4 is 4.74 Å². The molecule has 5 nitrogen and oxygen atoms in total. The third-order valence-corrected chi connectivity index (χ3v) is 5.09. The fourth-order valence-corrected chi connectivity index (χ4v) is 4.14. The predicted molar refractivity (Wildman–Crippen MR) is 106 cm³/mol. The van der Waals surface area contributed by atoms with Crippen LogP contribution in [-0.4, -0.2) is 47.9 Å². The number of nitrogens with zero attached hydrogens (tertiary/aromatic N) is 2. The normalized spacial score (nSPS) is 23.2. The molecule has 1 saturated heterocycles. The molecular formula is C22H28N2O3. The van der Waals surface area contributed by atoms with E-state index in [-0.39, 0.29) is 18.4 Å². The van der Waals surface area contributed by atoms with Crippen molar-refractivity contribution in [3.8, 4) is 5.75 Å². The maximum absolute atomic E-state index is 13.1. The zero-order chi connectivity index (χ0) is 19.6. The van der Waals surface area contributed by atoms with Crippen LogP contribution in [0.3, 0.4) is 0 Å². The zero-order valence-electron chi connectivity index (χ0n) is 16.4. The lowest BCUT2D eigenvalue weighted by atomic mass is 9.91. The Bertz CT molecular complexity index is 756. The van der Waals surface area contributed by atoms with Gasteiger partial charge in [-0.25, -0.2) is 0 Å². The Morgan fingerprint density at radius 2 is 1.74 bits per heavy atom. The van der Waals surface area contributed by atoms with Crippen LogP contribution in [0.15, 0.2) is 42.6 Å². The Morgan fingerprint density at radius 3 is 2.30 bits per heavy atom. The maximum atomic E-state index is 13.1. The van der Waals surface area contributed by atoms with Gasteiger partial charge in [-0.05, 0) is 42.9 Å². The van der Waals surface area contributed by atoms with Gasteiger partial charge in [0.1, 0.15) is 11.4 Å². The van der Waals surface area contributed by atoms with Gasteiger partial charge < -0.3 is 9.64 Å². The number of ether oxygens (including phenoxy) is 1. The number of imide groups is 1. The van der Waals surface area contributed by atoms with Crippen LogP contribution in [-0.2, 0) is 9.59 Å². The van der Waals surface area contributed by atoms with Gasteiger partial charge in [-0.1, -0.05) is 32.1 Å². The molecule has 0 bridgehead atoms. The molecule has 0 radical (unpaired) electrons. The summed E-state index contributed by atoms with van der Waals surface area (Å²) < 4.78 is 5.50. The Balaban J connectivity index is 2.04. The topological polar surface area (TPSA) is 49.9 Å². The van der Waals surface area contributed by atoms with E-state index in [1.807, 2.05) is 31.2 Å². The maximum Gasteiger partial charge on any atom is 0.278 e. The zero-order valence-corrected chi connectivity index (χ0v) is 16.4. The molecule has 0 aromatic heterocycles. The Kier molecular flexibility index (Phi) is 5.68. The van der Waals surface area contributed by atoms with Gasteiger partial charge in [0.15, 0.2) is 0 Å². The van der Waals surface area contributed by atoms with Gasteiger partial charge in [0.05, 0.1) is 12.2 Å². The second-order valence-electron chi connectivity index (χ2n) is 7.54. The summed E-state index contributed by atoms with van der Waals surface area (Å²) in [6.45, 7) is 12.4. The molecule has 2 amide bonds. The van der Waals surface area contributed by atoms with E-state index in [1.54, 1.807) is 6.08 Å². The highest BCUT2D eigenvalue weighted by molar-refractivity contribution is 6.35. The molecule has 2 heterocycles. The molecule has 0 spiro atoms. The molecule has 144 valence electrons. The Morgan fingerprint density at radius 1 is 1.11 bits per heavy atom. The number of hydrogen-bond donors (Lipinski definition) is 0. The molecule has 1 aromatic carbocycles. The molecule has 1 aromatic rings. The highest BCUT2D eigenvalue weighted by Gasteiger charge is 2.42. The number of carbonyl (C=O) groups excluding carboxylic acids is 2. The van der Waals surface area contributed by atoms with E-state index in [0.29, 0.717) is 29.7 Å². The summed E-state index contributed by atoms with van der Waals surface area (Å²) in [5, 5.41) is 0. The van der Waals surface area contributed by atoms with Crippen LogP contribution in [0.1, 0.15) is 32.8 Å². The summed E-state index contributed by atoms with van der Waals surface area (Å²) in [5.74, 6) is 1.26. The molecule has 2 aliphatic rings. The number of amides is 2. The average Bonchev–Trinajstić information content (AvgIpc) is 2.87. The lowest BCUT2D eigenvalue weighted by molar-refractivity contribution is -0.137. The van der Waals surface area contributed by atoms with Crippen molar-refractivity contribution >= 4 is 17.4 Å². The average molecular weight is 368 g/mol. The molecule has 0 saturated carbocycles. The molecule has 27 heavy (non-hydrogen) atoms. The van der Waals surface area contributed by atoms with Crippen LogP contribution in [0.2, 0.25) is 0 Å². The minimum Gasteiger partial charge on any atom is -0.494 e. The first kappa shape index (κ1) is 19.2. The molecule has 3 rings (SSSR count). The number of carbonyl (C=O) groups is 2. The molecule has 0 N–H and O–H groups in total. The molecule has 2 aliphatic heterocycles. The van der Waals surface area contributed by atoms with Crippen molar-refractivity contribution in [1.29, 1.82) is 0 Å². The van der Waals surface area contributed by atoms with E-state index >= 15 is 0 Å². The van der Waals surface area contributed by atoms with E-state index in [4.69, 9.17) is 4.74 Å². The first-order valence-electron chi connectivity index (χ1n) is 9.65. The molecule has 2 unspecified atom stereocenters. The summed E-state index contributed by atoms with van der Waals surface area (Å²) in [4.78, 5) is 29.6. The summed E-state index contributed by atoms with van der Waals surface area (Å²) >= 11 is 0. The van der Waals surface area contributed by atoms with Crippen molar-refractivity contribution in [3.63, 3.8) is 0 Å². The number of rotatable bonds is 6. The summed E-state index contributed by atoms with van der Waals surface area (Å²) in [6.07, 6.45) is 2.73. The first-order valence-corrected chi connectivity index (χ1v) is 9.65. The molecule has 1 fully saturated rings. The minimum atomic E-state index is -0.245. The van der Waals surface area contributed by atoms with Crippen molar-refractivity contribution in [2.24, 2.45) is 11.8 Å². The van der Waals surface area contributed by atoms with E-state index in [2.05, 4.69) is 25.3 Å². The van der Waals surface area contributed by atoms with Gasteiger partial charge in [0.2, 0.25) is 0 Å². The first-order chi connectivity index (χ1) is 13.0. The smallest absolute Gasteiger partial charge is 0.278 e. The second kappa shape index (κ2) is 7.99. The largest absolute Gasteiger partial charge is 0.494 e. The third kappa shape index (κ3) is 3.77.